The van der Waals surface area contributed by atoms with Crippen molar-refractivity contribution in [2.24, 2.45) is 0 Å². The van der Waals surface area contributed by atoms with Gasteiger partial charge in [-0.1, -0.05) is 0 Å². The summed E-state index contributed by atoms with van der Waals surface area (Å²) >= 11 is 1.63. The van der Waals surface area contributed by atoms with E-state index in [0.717, 1.165) is 23.1 Å². The van der Waals surface area contributed by atoms with Crippen LogP contribution in [0, 0.1) is 0 Å². The first-order valence-electron chi connectivity index (χ1n) is 5.10. The van der Waals surface area contributed by atoms with Crippen LogP contribution in [0.2, 0.25) is 0 Å². The predicted octanol–water partition coefficient (Wildman–Crippen LogP) is 1.66. The molecule has 80 valence electrons. The second-order valence-corrected chi connectivity index (χ2v) is 4.65. The quantitative estimate of drug-likeness (QED) is 0.856. The van der Waals surface area contributed by atoms with Gasteiger partial charge in [0.2, 0.25) is 5.88 Å². The van der Waals surface area contributed by atoms with Crippen molar-refractivity contribution in [1.29, 1.82) is 0 Å². The van der Waals surface area contributed by atoms with Gasteiger partial charge in [0.25, 0.3) is 0 Å². The van der Waals surface area contributed by atoms with Crippen LogP contribution < -0.4 is 10.1 Å². The highest BCUT2D eigenvalue weighted by Crippen LogP contribution is 2.25. The molecular formula is C10H13N3OS. The zero-order valence-corrected chi connectivity index (χ0v) is 9.38. The number of nitrogens with one attached hydrogen (secondary N) is 1. The molecule has 4 nitrogen and oxygen atoms in total. The van der Waals surface area contributed by atoms with E-state index in [0.29, 0.717) is 6.04 Å². The fourth-order valence-corrected chi connectivity index (χ4v) is 2.39. The summed E-state index contributed by atoms with van der Waals surface area (Å²) in [5, 5.41) is 5.52. The Balaban J connectivity index is 1.92. The minimum absolute atomic E-state index is 0.707. The van der Waals surface area contributed by atoms with E-state index in [9.17, 15) is 0 Å². The molecule has 0 unspecified atom stereocenters. The van der Waals surface area contributed by atoms with Gasteiger partial charge >= 0.3 is 0 Å². The molecule has 0 aromatic carbocycles. The summed E-state index contributed by atoms with van der Waals surface area (Å²) in [6.45, 7) is 0.839. The van der Waals surface area contributed by atoms with Crippen LogP contribution in [-0.2, 0) is 6.54 Å². The Morgan fingerprint density at radius 1 is 1.67 bits per heavy atom. The van der Waals surface area contributed by atoms with Crippen LogP contribution in [0.4, 0.5) is 0 Å². The molecule has 2 aromatic rings. The molecule has 0 saturated heterocycles. The van der Waals surface area contributed by atoms with Gasteiger partial charge < -0.3 is 10.1 Å². The van der Waals surface area contributed by atoms with Crippen molar-refractivity contribution >= 4 is 16.3 Å². The molecule has 0 radical (unpaired) electrons. The Morgan fingerprint density at radius 3 is 3.27 bits per heavy atom. The number of aromatic nitrogens is 2. The molecule has 2 aromatic heterocycles. The van der Waals surface area contributed by atoms with E-state index >= 15 is 0 Å². The smallest absolute Gasteiger partial charge is 0.237 e. The van der Waals surface area contributed by atoms with Gasteiger partial charge in [-0.25, -0.2) is 0 Å². The van der Waals surface area contributed by atoms with Gasteiger partial charge in [0, 0.05) is 24.2 Å². The zero-order valence-electron chi connectivity index (χ0n) is 8.56. The lowest BCUT2D eigenvalue weighted by Gasteiger charge is -2.03. The maximum absolute atomic E-state index is 5.28. The van der Waals surface area contributed by atoms with Crippen molar-refractivity contribution in [2.75, 3.05) is 7.11 Å². The van der Waals surface area contributed by atoms with Crippen molar-refractivity contribution in [2.45, 2.75) is 25.4 Å². The van der Waals surface area contributed by atoms with Crippen LogP contribution >= 0.6 is 11.3 Å². The van der Waals surface area contributed by atoms with Crippen molar-refractivity contribution in [3.8, 4) is 5.88 Å². The monoisotopic (exact) mass is 223 g/mol. The molecule has 0 atom stereocenters. The first-order valence-corrected chi connectivity index (χ1v) is 5.98. The maximum Gasteiger partial charge on any atom is 0.237 e. The Labute approximate surface area is 91.9 Å². The fourth-order valence-electron chi connectivity index (χ4n) is 1.67. The summed E-state index contributed by atoms with van der Waals surface area (Å²) in [4.78, 5) is 5.41. The Kier molecular flexibility index (Phi) is 2.14. The average molecular weight is 223 g/mol. The Bertz CT molecular complexity index is 472. The predicted molar refractivity (Wildman–Crippen MR) is 59.5 cm³/mol. The minimum Gasteiger partial charge on any atom is -0.480 e. The van der Waals surface area contributed by atoms with Crippen LogP contribution in [0.1, 0.15) is 18.5 Å². The highest BCUT2D eigenvalue weighted by atomic mass is 32.1. The van der Waals surface area contributed by atoms with E-state index in [-0.39, 0.29) is 0 Å². The third kappa shape index (κ3) is 1.61. The molecule has 1 fully saturated rings. The fraction of sp³-hybridized carbons (Fsp3) is 0.500. The highest BCUT2D eigenvalue weighted by molar-refractivity contribution is 7.15. The first kappa shape index (κ1) is 9.18. The minimum atomic E-state index is 0.707. The third-order valence-corrected chi connectivity index (χ3v) is 3.41. The van der Waals surface area contributed by atoms with Crippen LogP contribution in [0.3, 0.4) is 0 Å². The molecule has 0 aliphatic heterocycles. The second-order valence-electron chi connectivity index (χ2n) is 3.78. The third-order valence-electron chi connectivity index (χ3n) is 2.65. The van der Waals surface area contributed by atoms with Crippen molar-refractivity contribution < 1.29 is 4.74 Å². The van der Waals surface area contributed by atoms with E-state index in [1.165, 1.54) is 12.8 Å². The van der Waals surface area contributed by atoms with Crippen LogP contribution in [-0.4, -0.2) is 22.5 Å². The lowest BCUT2D eigenvalue weighted by Crippen LogP contribution is -2.16. The Morgan fingerprint density at radius 2 is 2.53 bits per heavy atom. The van der Waals surface area contributed by atoms with Gasteiger partial charge in [-0.15, -0.1) is 11.3 Å². The molecule has 1 aliphatic rings. The zero-order chi connectivity index (χ0) is 10.3. The number of fused-ring (bicyclic) bond motifs is 1. The maximum atomic E-state index is 5.28. The summed E-state index contributed by atoms with van der Waals surface area (Å²) in [6, 6.07) is 0.707. The molecule has 0 amide bonds. The largest absolute Gasteiger partial charge is 0.480 e. The SMILES string of the molecule is COc1nc2sccn2c1CNC1CC1. The molecule has 0 bridgehead atoms. The number of methoxy groups -OCH3 is 1. The topological polar surface area (TPSA) is 38.6 Å². The van der Waals surface area contributed by atoms with Gasteiger partial charge in [0.15, 0.2) is 4.96 Å². The Hall–Kier alpha value is -1.07. The summed E-state index contributed by atoms with van der Waals surface area (Å²) in [5.74, 6) is 0.745. The molecule has 5 heteroatoms. The molecule has 1 N–H and O–H groups in total. The van der Waals surface area contributed by atoms with Gasteiger partial charge in [0.1, 0.15) is 5.69 Å². The van der Waals surface area contributed by atoms with Crippen molar-refractivity contribution in [3.63, 3.8) is 0 Å². The van der Waals surface area contributed by atoms with Crippen LogP contribution in [0.15, 0.2) is 11.6 Å². The summed E-state index contributed by atoms with van der Waals surface area (Å²) < 4.78 is 7.37. The first-order chi connectivity index (χ1) is 7.38. The molecule has 1 aliphatic carbocycles. The molecular weight excluding hydrogens is 210 g/mol. The number of imidazole rings is 1. The summed E-state index contributed by atoms with van der Waals surface area (Å²) in [5.41, 5.74) is 1.13. The summed E-state index contributed by atoms with van der Waals surface area (Å²) in [7, 11) is 1.67. The molecule has 15 heavy (non-hydrogen) atoms. The van der Waals surface area contributed by atoms with Gasteiger partial charge in [-0.05, 0) is 12.8 Å². The van der Waals surface area contributed by atoms with E-state index in [2.05, 4.69) is 14.7 Å². The number of thiazole rings is 1. The van der Waals surface area contributed by atoms with Gasteiger partial charge in [0.05, 0.1) is 7.11 Å². The number of ether oxygens (including phenoxy) is 1. The van der Waals surface area contributed by atoms with Crippen LogP contribution in [0.25, 0.3) is 4.96 Å². The number of hydrogen-bond acceptors (Lipinski definition) is 4. The lowest BCUT2D eigenvalue weighted by atomic mass is 10.4. The molecule has 3 rings (SSSR count). The van der Waals surface area contributed by atoms with E-state index in [1.54, 1.807) is 18.4 Å². The molecule has 0 spiro atoms. The van der Waals surface area contributed by atoms with E-state index in [1.807, 2.05) is 11.6 Å². The molecule has 2 heterocycles. The van der Waals surface area contributed by atoms with Gasteiger partial charge in [-0.3, -0.25) is 4.40 Å². The van der Waals surface area contributed by atoms with Crippen LogP contribution in [0.5, 0.6) is 5.88 Å². The van der Waals surface area contributed by atoms with E-state index < -0.39 is 0 Å². The van der Waals surface area contributed by atoms with E-state index in [4.69, 9.17) is 4.74 Å². The highest BCUT2D eigenvalue weighted by Gasteiger charge is 2.22. The molecule has 1 saturated carbocycles. The average Bonchev–Trinajstić information content (AvgIpc) is 2.86. The summed E-state index contributed by atoms with van der Waals surface area (Å²) in [6.07, 6.45) is 4.64. The van der Waals surface area contributed by atoms with Gasteiger partial charge in [-0.2, -0.15) is 4.98 Å². The number of nitrogens with zero attached hydrogens (tertiary/aromatic N) is 2. The normalized spacial score (nSPS) is 16.1. The number of rotatable bonds is 4. The van der Waals surface area contributed by atoms with Crippen molar-refractivity contribution in [3.05, 3.63) is 17.3 Å². The standard InChI is InChI=1S/C10H13N3OS/c1-14-9-8(6-11-7-2-3-7)13-4-5-15-10(13)12-9/h4-5,7,11H,2-3,6H2,1H3. The lowest BCUT2D eigenvalue weighted by molar-refractivity contribution is 0.393. The number of hydrogen-bond donors (Lipinski definition) is 1. The van der Waals surface area contributed by atoms with Crippen molar-refractivity contribution in [1.82, 2.24) is 14.7 Å². The second kappa shape index (κ2) is 3.50.